The Morgan fingerprint density at radius 3 is 2.56 bits per heavy atom. The molecule has 0 spiro atoms. The van der Waals surface area contributed by atoms with Gasteiger partial charge in [-0.2, -0.15) is 18.2 Å². The van der Waals surface area contributed by atoms with E-state index in [2.05, 4.69) is 15.5 Å². The lowest BCUT2D eigenvalue weighted by Gasteiger charge is -2.23. The van der Waals surface area contributed by atoms with Gasteiger partial charge in [0, 0.05) is 12.1 Å². The van der Waals surface area contributed by atoms with Crippen LogP contribution in [0.3, 0.4) is 0 Å². The first-order chi connectivity index (χ1) is 16.2. The van der Waals surface area contributed by atoms with Gasteiger partial charge in [0.15, 0.2) is 0 Å². The van der Waals surface area contributed by atoms with Gasteiger partial charge in [0.1, 0.15) is 11.5 Å². The molecule has 0 radical (unpaired) electrons. The molecule has 1 aliphatic carbocycles. The largest absolute Gasteiger partial charge is 0.507 e. The normalized spacial score (nSPS) is 14.7. The quantitative estimate of drug-likeness (QED) is 0.495. The van der Waals surface area contributed by atoms with Crippen molar-refractivity contribution >= 4 is 5.91 Å². The van der Waals surface area contributed by atoms with E-state index in [0.717, 1.165) is 24.2 Å². The molecule has 0 bridgehead atoms. The van der Waals surface area contributed by atoms with E-state index < -0.39 is 23.4 Å². The number of aromatic hydroxyl groups is 1. The molecule has 1 aromatic heterocycles. The third kappa shape index (κ3) is 5.49. The van der Waals surface area contributed by atoms with E-state index in [1.54, 1.807) is 0 Å². The van der Waals surface area contributed by atoms with Crippen LogP contribution >= 0.6 is 0 Å². The summed E-state index contributed by atoms with van der Waals surface area (Å²) in [5.74, 6) is -1.32. The fraction of sp³-hybridized carbons (Fsp3) is 0.375. The highest BCUT2D eigenvalue weighted by Crippen LogP contribution is 2.39. The Labute approximate surface area is 193 Å². The number of alkyl halides is 3. The first-order valence-electron chi connectivity index (χ1n) is 11.0. The second kappa shape index (κ2) is 9.74. The highest BCUT2D eigenvalue weighted by Gasteiger charge is 2.35. The van der Waals surface area contributed by atoms with Crippen LogP contribution in [0.1, 0.15) is 59.5 Å². The molecule has 0 aliphatic heterocycles. The van der Waals surface area contributed by atoms with Gasteiger partial charge in [-0.3, -0.25) is 4.79 Å². The third-order valence-corrected chi connectivity index (χ3v) is 5.72. The molecule has 3 aromatic rings. The number of hydrogen-bond donors (Lipinski definition) is 2. The molecule has 0 saturated heterocycles. The lowest BCUT2D eigenvalue weighted by atomic mass is 9.98. The van der Waals surface area contributed by atoms with E-state index in [4.69, 9.17) is 9.26 Å². The number of amides is 1. The van der Waals surface area contributed by atoms with Gasteiger partial charge in [-0.25, -0.2) is 0 Å². The van der Waals surface area contributed by atoms with Crippen LogP contribution in [-0.2, 0) is 12.7 Å². The monoisotopic (exact) mass is 475 g/mol. The number of phenols is 1. The zero-order valence-corrected chi connectivity index (χ0v) is 18.5. The predicted octanol–water partition coefficient (Wildman–Crippen LogP) is 5.41. The smallest absolute Gasteiger partial charge is 0.419 e. The number of carbonyl (C=O) groups is 1. The van der Waals surface area contributed by atoms with E-state index in [0.29, 0.717) is 6.07 Å². The molecule has 10 heteroatoms. The number of nitrogens with one attached hydrogen (secondary N) is 1. The van der Waals surface area contributed by atoms with Gasteiger partial charge in [0.25, 0.3) is 0 Å². The van der Waals surface area contributed by atoms with E-state index in [-0.39, 0.29) is 35.5 Å². The van der Waals surface area contributed by atoms with Crippen molar-refractivity contribution in [2.75, 3.05) is 0 Å². The Balaban J connectivity index is 1.38. The maximum atomic E-state index is 13.2. The first kappa shape index (κ1) is 23.6. The van der Waals surface area contributed by atoms with Crippen LogP contribution < -0.4 is 10.1 Å². The highest BCUT2D eigenvalue weighted by molar-refractivity contribution is 5.89. The summed E-state index contributed by atoms with van der Waals surface area (Å²) in [4.78, 5) is 16.3. The minimum absolute atomic E-state index is 0.00320. The van der Waals surface area contributed by atoms with Crippen LogP contribution in [0.15, 0.2) is 40.9 Å². The fourth-order valence-electron chi connectivity index (χ4n) is 3.88. The van der Waals surface area contributed by atoms with Crippen molar-refractivity contribution in [1.82, 2.24) is 15.5 Å². The van der Waals surface area contributed by atoms with Crippen molar-refractivity contribution in [1.29, 1.82) is 0 Å². The summed E-state index contributed by atoms with van der Waals surface area (Å²) in [6.07, 6.45) is 1.23. The van der Waals surface area contributed by atoms with Gasteiger partial charge in [-0.05, 0) is 68.0 Å². The lowest BCUT2D eigenvalue weighted by Crippen LogP contribution is -2.23. The number of carbonyl (C=O) groups excluding carboxylic acids is 1. The fourth-order valence-corrected chi connectivity index (χ4v) is 3.88. The van der Waals surface area contributed by atoms with E-state index in [9.17, 15) is 23.1 Å². The Kier molecular flexibility index (Phi) is 6.76. The van der Waals surface area contributed by atoms with Gasteiger partial charge in [-0.1, -0.05) is 23.7 Å². The lowest BCUT2D eigenvalue weighted by molar-refractivity contribution is -0.138. The number of nitrogens with zero attached hydrogens (tertiary/aromatic N) is 2. The summed E-state index contributed by atoms with van der Waals surface area (Å²) in [7, 11) is 0. The SMILES string of the molecule is Cc1cc(-c2noc(C(=O)NCc3ccc(OC4CCCCC4)cc3)n2)cc(C(F)(F)F)c1O. The molecule has 34 heavy (non-hydrogen) atoms. The van der Waals surface area contributed by atoms with Crippen molar-refractivity contribution < 1.29 is 32.3 Å². The third-order valence-electron chi connectivity index (χ3n) is 5.72. The molecule has 180 valence electrons. The van der Waals surface area contributed by atoms with Crippen molar-refractivity contribution in [3.05, 3.63) is 59.0 Å². The molecule has 1 fully saturated rings. The minimum atomic E-state index is -4.76. The Morgan fingerprint density at radius 1 is 1.18 bits per heavy atom. The number of aryl methyl sites for hydroxylation is 1. The summed E-state index contributed by atoms with van der Waals surface area (Å²) < 4.78 is 50.4. The average Bonchev–Trinajstić information content (AvgIpc) is 3.30. The Morgan fingerprint density at radius 2 is 1.88 bits per heavy atom. The maximum Gasteiger partial charge on any atom is 0.419 e. The molecular formula is C24H24F3N3O4. The zero-order valence-electron chi connectivity index (χ0n) is 18.5. The number of halogens is 3. The van der Waals surface area contributed by atoms with Crippen LogP contribution in [0.5, 0.6) is 11.5 Å². The van der Waals surface area contributed by atoms with E-state index >= 15 is 0 Å². The van der Waals surface area contributed by atoms with Gasteiger partial charge in [-0.15, -0.1) is 0 Å². The molecular weight excluding hydrogens is 451 g/mol. The van der Waals surface area contributed by atoms with Crippen molar-refractivity contribution in [2.24, 2.45) is 0 Å². The molecule has 0 atom stereocenters. The topological polar surface area (TPSA) is 97.5 Å². The van der Waals surface area contributed by atoms with Gasteiger partial charge < -0.3 is 19.7 Å². The molecule has 1 heterocycles. The molecule has 2 aromatic carbocycles. The van der Waals surface area contributed by atoms with Crippen LogP contribution in [0.4, 0.5) is 13.2 Å². The molecule has 1 saturated carbocycles. The average molecular weight is 475 g/mol. The van der Waals surface area contributed by atoms with Crippen LogP contribution in [0, 0.1) is 6.92 Å². The van der Waals surface area contributed by atoms with E-state index in [1.165, 1.54) is 32.3 Å². The molecule has 7 nitrogen and oxygen atoms in total. The van der Waals surface area contributed by atoms with E-state index in [1.807, 2.05) is 24.3 Å². The Hall–Kier alpha value is -3.56. The van der Waals surface area contributed by atoms with Crippen molar-refractivity contribution in [3.8, 4) is 22.9 Å². The van der Waals surface area contributed by atoms with Crippen molar-refractivity contribution in [3.63, 3.8) is 0 Å². The summed E-state index contributed by atoms with van der Waals surface area (Å²) in [5.41, 5.74) is -0.419. The molecule has 1 aliphatic rings. The molecule has 2 N–H and O–H groups in total. The second-order valence-electron chi connectivity index (χ2n) is 8.31. The zero-order chi connectivity index (χ0) is 24.3. The highest BCUT2D eigenvalue weighted by atomic mass is 19.4. The minimum Gasteiger partial charge on any atom is -0.507 e. The molecule has 4 rings (SSSR count). The van der Waals surface area contributed by atoms with Crippen molar-refractivity contribution in [2.45, 2.75) is 57.9 Å². The molecule has 1 amide bonds. The number of hydrogen-bond acceptors (Lipinski definition) is 6. The standard InChI is InChI=1S/C24H24F3N3O4/c1-14-11-16(12-19(20(14)31)24(25,26)27)21-29-23(34-30-21)22(32)28-13-15-7-9-18(10-8-15)33-17-5-3-2-4-6-17/h7-12,17,31H,2-6,13H2,1H3,(H,28,32). The number of benzene rings is 2. The van der Waals surface area contributed by atoms with Crippen LogP contribution in [0.25, 0.3) is 11.4 Å². The molecule has 0 unspecified atom stereocenters. The summed E-state index contributed by atoms with van der Waals surface area (Å²) in [6, 6.07) is 9.39. The van der Waals surface area contributed by atoms with Crippen LogP contribution in [-0.4, -0.2) is 27.3 Å². The number of ether oxygens (including phenoxy) is 1. The first-order valence-corrected chi connectivity index (χ1v) is 11.0. The predicted molar refractivity (Wildman–Crippen MR) is 116 cm³/mol. The van der Waals surface area contributed by atoms with Crippen LogP contribution in [0.2, 0.25) is 0 Å². The Bertz CT molecular complexity index is 1150. The van der Waals surface area contributed by atoms with Gasteiger partial charge >= 0.3 is 18.0 Å². The summed E-state index contributed by atoms with van der Waals surface area (Å²) in [5, 5.41) is 16.0. The summed E-state index contributed by atoms with van der Waals surface area (Å²) >= 11 is 0. The van der Waals surface area contributed by atoms with Gasteiger partial charge in [0.2, 0.25) is 5.82 Å². The second-order valence-corrected chi connectivity index (χ2v) is 8.31. The number of phenolic OH excluding ortho intramolecular Hbond substituents is 1. The number of rotatable bonds is 6. The van der Waals surface area contributed by atoms with Gasteiger partial charge in [0.05, 0.1) is 11.7 Å². The number of aromatic nitrogens is 2. The summed E-state index contributed by atoms with van der Waals surface area (Å²) in [6.45, 7) is 1.52. The maximum absolute atomic E-state index is 13.2.